The average molecular weight is 300 g/mol. The van der Waals surface area contributed by atoms with Crippen molar-refractivity contribution in [3.8, 4) is 0 Å². The number of anilines is 1. The van der Waals surface area contributed by atoms with Crippen LogP contribution in [0.2, 0.25) is 0 Å². The van der Waals surface area contributed by atoms with Gasteiger partial charge in [0.2, 0.25) is 0 Å². The number of ether oxygens (including phenoxy) is 1. The molecular weight excluding hydrogens is 278 g/mol. The highest BCUT2D eigenvalue weighted by Gasteiger charge is 2.04. The summed E-state index contributed by atoms with van der Waals surface area (Å²) in [6.07, 6.45) is 1.46. The number of rotatable bonds is 7. The van der Waals surface area contributed by atoms with Gasteiger partial charge in [-0.25, -0.2) is 0 Å². The van der Waals surface area contributed by atoms with Crippen LogP contribution in [-0.2, 0) is 4.74 Å². The van der Waals surface area contributed by atoms with Crippen LogP contribution in [-0.4, -0.2) is 19.3 Å². The quantitative estimate of drug-likeness (QED) is 0.758. The Bertz CT molecular complexity index is 328. The van der Waals surface area contributed by atoms with E-state index in [2.05, 4.69) is 48.1 Å². The van der Waals surface area contributed by atoms with Gasteiger partial charge in [0.05, 0.1) is 12.7 Å². The molecule has 2 nitrogen and oxygen atoms in total. The van der Waals surface area contributed by atoms with Crippen molar-refractivity contribution < 1.29 is 4.74 Å². The number of para-hydroxylation sites is 1. The largest absolute Gasteiger partial charge is 0.382 e. The highest BCUT2D eigenvalue weighted by molar-refractivity contribution is 9.10. The molecule has 0 aliphatic rings. The summed E-state index contributed by atoms with van der Waals surface area (Å²) in [5.74, 6) is 0.696. The van der Waals surface area contributed by atoms with E-state index < -0.39 is 0 Å². The van der Waals surface area contributed by atoms with Crippen LogP contribution in [0.15, 0.2) is 28.7 Å². The van der Waals surface area contributed by atoms with Gasteiger partial charge in [-0.1, -0.05) is 26.0 Å². The van der Waals surface area contributed by atoms with Crippen LogP contribution in [0.4, 0.5) is 5.69 Å². The lowest BCUT2D eigenvalue weighted by Gasteiger charge is -2.15. The Morgan fingerprint density at radius 3 is 2.59 bits per heavy atom. The minimum Gasteiger partial charge on any atom is -0.382 e. The van der Waals surface area contributed by atoms with Gasteiger partial charge in [-0.15, -0.1) is 0 Å². The predicted octanol–water partition coefficient (Wildman–Crippen LogP) is 4.31. The summed E-state index contributed by atoms with van der Waals surface area (Å²) in [4.78, 5) is 0. The number of halogens is 1. The first-order valence-electron chi connectivity index (χ1n) is 6.19. The number of benzene rings is 1. The third-order valence-corrected chi connectivity index (χ3v) is 3.19. The molecule has 0 saturated heterocycles. The van der Waals surface area contributed by atoms with E-state index in [4.69, 9.17) is 4.74 Å². The van der Waals surface area contributed by atoms with Crippen molar-refractivity contribution in [1.29, 1.82) is 0 Å². The van der Waals surface area contributed by atoms with E-state index >= 15 is 0 Å². The van der Waals surface area contributed by atoms with Gasteiger partial charge in [-0.3, -0.25) is 0 Å². The Labute approximate surface area is 113 Å². The van der Waals surface area contributed by atoms with E-state index in [1.54, 1.807) is 0 Å². The van der Waals surface area contributed by atoms with Crippen molar-refractivity contribution in [2.45, 2.75) is 33.3 Å². The molecule has 0 saturated carbocycles. The molecule has 0 aliphatic carbocycles. The van der Waals surface area contributed by atoms with Gasteiger partial charge < -0.3 is 10.1 Å². The second-order valence-electron chi connectivity index (χ2n) is 4.72. The van der Waals surface area contributed by atoms with Crippen molar-refractivity contribution in [2.24, 2.45) is 5.92 Å². The first kappa shape index (κ1) is 14.5. The SMILES string of the molecule is CC(C)CC(C)OCCNc1ccccc1Br. The highest BCUT2D eigenvalue weighted by Crippen LogP contribution is 2.20. The maximum absolute atomic E-state index is 5.74. The molecule has 1 aromatic carbocycles. The van der Waals surface area contributed by atoms with Gasteiger partial charge in [-0.05, 0) is 47.3 Å². The van der Waals surface area contributed by atoms with Crippen LogP contribution in [0, 0.1) is 5.92 Å². The molecule has 17 heavy (non-hydrogen) atoms. The zero-order chi connectivity index (χ0) is 12.7. The molecule has 0 heterocycles. The maximum atomic E-state index is 5.74. The first-order valence-corrected chi connectivity index (χ1v) is 6.99. The standard InChI is InChI=1S/C14H22BrNO/c1-11(2)10-12(3)17-9-8-16-14-7-5-4-6-13(14)15/h4-7,11-12,16H,8-10H2,1-3H3. The topological polar surface area (TPSA) is 21.3 Å². The molecule has 0 radical (unpaired) electrons. The Morgan fingerprint density at radius 1 is 1.24 bits per heavy atom. The Kier molecular flexibility index (Phi) is 6.60. The minimum absolute atomic E-state index is 0.344. The molecule has 96 valence electrons. The second kappa shape index (κ2) is 7.72. The summed E-state index contributed by atoms with van der Waals surface area (Å²) in [5.41, 5.74) is 1.12. The molecule has 1 N–H and O–H groups in total. The molecule has 0 aromatic heterocycles. The third kappa shape index (κ3) is 6.08. The number of hydrogen-bond donors (Lipinski definition) is 1. The van der Waals surface area contributed by atoms with Crippen molar-refractivity contribution in [3.05, 3.63) is 28.7 Å². The van der Waals surface area contributed by atoms with Crippen molar-refractivity contribution in [1.82, 2.24) is 0 Å². The molecule has 1 unspecified atom stereocenters. The fourth-order valence-electron chi connectivity index (χ4n) is 1.78. The summed E-state index contributed by atoms with van der Waals surface area (Å²) in [7, 11) is 0. The van der Waals surface area contributed by atoms with Gasteiger partial charge >= 0.3 is 0 Å². The van der Waals surface area contributed by atoms with E-state index in [1.165, 1.54) is 0 Å². The van der Waals surface area contributed by atoms with Crippen LogP contribution in [0.5, 0.6) is 0 Å². The summed E-state index contributed by atoms with van der Waals surface area (Å²) in [6.45, 7) is 8.16. The van der Waals surface area contributed by atoms with Crippen LogP contribution >= 0.6 is 15.9 Å². The van der Waals surface area contributed by atoms with Crippen LogP contribution < -0.4 is 5.32 Å². The molecule has 0 amide bonds. The normalized spacial score (nSPS) is 12.8. The highest BCUT2D eigenvalue weighted by atomic mass is 79.9. The van der Waals surface area contributed by atoms with E-state index in [0.717, 1.165) is 29.7 Å². The molecule has 1 rings (SSSR count). The fraction of sp³-hybridized carbons (Fsp3) is 0.571. The van der Waals surface area contributed by atoms with E-state index in [1.807, 2.05) is 18.2 Å². The van der Waals surface area contributed by atoms with Crippen molar-refractivity contribution in [3.63, 3.8) is 0 Å². The zero-order valence-electron chi connectivity index (χ0n) is 10.9. The summed E-state index contributed by atoms with van der Waals surface area (Å²) < 4.78 is 6.83. The maximum Gasteiger partial charge on any atom is 0.0642 e. The van der Waals surface area contributed by atoms with Gasteiger partial charge in [0, 0.05) is 16.7 Å². The Morgan fingerprint density at radius 2 is 1.94 bits per heavy atom. The first-order chi connectivity index (χ1) is 8.09. The molecule has 0 aliphatic heterocycles. The van der Waals surface area contributed by atoms with Crippen LogP contribution in [0.3, 0.4) is 0 Å². The predicted molar refractivity (Wildman–Crippen MR) is 77.5 cm³/mol. The molecule has 0 spiro atoms. The van der Waals surface area contributed by atoms with Gasteiger partial charge in [0.15, 0.2) is 0 Å². The average Bonchev–Trinajstić information content (AvgIpc) is 2.25. The van der Waals surface area contributed by atoms with Gasteiger partial charge in [0.1, 0.15) is 0 Å². The van der Waals surface area contributed by atoms with Crippen LogP contribution in [0.25, 0.3) is 0 Å². The minimum atomic E-state index is 0.344. The smallest absolute Gasteiger partial charge is 0.0642 e. The van der Waals surface area contributed by atoms with Crippen molar-refractivity contribution >= 4 is 21.6 Å². The fourth-order valence-corrected chi connectivity index (χ4v) is 2.21. The summed E-state index contributed by atoms with van der Waals surface area (Å²) >= 11 is 3.51. The molecule has 3 heteroatoms. The van der Waals surface area contributed by atoms with Crippen LogP contribution in [0.1, 0.15) is 27.2 Å². The lowest BCUT2D eigenvalue weighted by Crippen LogP contribution is -2.17. The molecule has 0 fully saturated rings. The number of hydrogen-bond acceptors (Lipinski definition) is 2. The number of nitrogens with one attached hydrogen (secondary N) is 1. The van der Waals surface area contributed by atoms with Crippen molar-refractivity contribution in [2.75, 3.05) is 18.5 Å². The van der Waals surface area contributed by atoms with Gasteiger partial charge in [-0.2, -0.15) is 0 Å². The Balaban J connectivity index is 2.18. The summed E-state index contributed by atoms with van der Waals surface area (Å²) in [6, 6.07) is 8.12. The monoisotopic (exact) mass is 299 g/mol. The zero-order valence-corrected chi connectivity index (χ0v) is 12.5. The second-order valence-corrected chi connectivity index (χ2v) is 5.57. The summed E-state index contributed by atoms with van der Waals surface area (Å²) in [5, 5.41) is 3.35. The molecule has 1 atom stereocenters. The molecule has 0 bridgehead atoms. The lowest BCUT2D eigenvalue weighted by atomic mass is 10.1. The third-order valence-electron chi connectivity index (χ3n) is 2.50. The molecular formula is C14H22BrNO. The van der Waals surface area contributed by atoms with E-state index in [-0.39, 0.29) is 0 Å². The van der Waals surface area contributed by atoms with E-state index in [0.29, 0.717) is 12.0 Å². The molecule has 1 aromatic rings. The van der Waals surface area contributed by atoms with Gasteiger partial charge in [0.25, 0.3) is 0 Å². The van der Waals surface area contributed by atoms with E-state index in [9.17, 15) is 0 Å². The lowest BCUT2D eigenvalue weighted by molar-refractivity contribution is 0.0591. The Hall–Kier alpha value is -0.540.